The highest BCUT2D eigenvalue weighted by molar-refractivity contribution is 4.95. The van der Waals surface area contributed by atoms with Gasteiger partial charge in [0.05, 0.1) is 0 Å². The molecular formula is C11H23NO. The third kappa shape index (κ3) is 6.79. The Hall–Kier alpha value is -0.340. The monoisotopic (exact) mass is 185 g/mol. The lowest BCUT2D eigenvalue weighted by atomic mass is 10.2. The molecule has 0 amide bonds. The van der Waals surface area contributed by atoms with Gasteiger partial charge in [-0.25, -0.2) is 0 Å². The van der Waals surface area contributed by atoms with E-state index >= 15 is 0 Å². The number of hydrogen-bond acceptors (Lipinski definition) is 2. The van der Waals surface area contributed by atoms with Gasteiger partial charge in [0.2, 0.25) is 0 Å². The topological polar surface area (TPSA) is 23.5 Å². The summed E-state index contributed by atoms with van der Waals surface area (Å²) in [6.07, 6.45) is 3.10. The molecule has 0 saturated heterocycles. The zero-order valence-corrected chi connectivity index (χ0v) is 9.38. The minimum absolute atomic E-state index is 0.290. The average molecular weight is 185 g/mol. The summed E-state index contributed by atoms with van der Waals surface area (Å²) in [6.45, 7) is 10.9. The van der Waals surface area contributed by atoms with Crippen molar-refractivity contribution < 1.29 is 5.11 Å². The highest BCUT2D eigenvalue weighted by Crippen LogP contribution is 2.01. The lowest BCUT2D eigenvalue weighted by Gasteiger charge is -2.24. The van der Waals surface area contributed by atoms with Gasteiger partial charge in [0.25, 0.3) is 0 Å². The van der Waals surface area contributed by atoms with Crippen LogP contribution in [0, 0.1) is 0 Å². The van der Waals surface area contributed by atoms with Crippen molar-refractivity contribution in [2.45, 2.75) is 40.2 Å². The van der Waals surface area contributed by atoms with Gasteiger partial charge in [-0.15, -0.1) is 0 Å². The Morgan fingerprint density at radius 1 is 1.38 bits per heavy atom. The Kier molecular flexibility index (Phi) is 6.92. The number of allylic oxidation sites excluding steroid dienone is 1. The van der Waals surface area contributed by atoms with Crippen LogP contribution < -0.4 is 0 Å². The van der Waals surface area contributed by atoms with Crippen LogP contribution in [0.5, 0.6) is 0 Å². The average Bonchev–Trinajstić information content (AvgIpc) is 2.03. The van der Waals surface area contributed by atoms with Crippen molar-refractivity contribution in [1.82, 2.24) is 4.90 Å². The van der Waals surface area contributed by atoms with Crippen LogP contribution in [0.15, 0.2) is 11.6 Å². The zero-order chi connectivity index (χ0) is 10.3. The predicted molar refractivity (Wildman–Crippen MR) is 57.8 cm³/mol. The maximum atomic E-state index is 8.73. The Balaban J connectivity index is 3.87. The van der Waals surface area contributed by atoms with E-state index in [1.807, 2.05) is 0 Å². The van der Waals surface area contributed by atoms with Crippen LogP contribution in [0.3, 0.4) is 0 Å². The standard InChI is InChI=1S/C11H23NO/c1-10(2)6-8-12(11(3)4)7-5-9-13/h6,11,13H,5,7-9H2,1-4H3. The van der Waals surface area contributed by atoms with Gasteiger partial charge in [-0.2, -0.15) is 0 Å². The van der Waals surface area contributed by atoms with E-state index in [1.54, 1.807) is 0 Å². The zero-order valence-electron chi connectivity index (χ0n) is 9.38. The minimum atomic E-state index is 0.290. The van der Waals surface area contributed by atoms with Gasteiger partial charge in [0, 0.05) is 25.7 Å². The third-order valence-corrected chi connectivity index (χ3v) is 2.07. The first-order chi connectivity index (χ1) is 6.07. The molecule has 78 valence electrons. The first-order valence-electron chi connectivity index (χ1n) is 5.06. The Labute approximate surface area is 82.3 Å². The Bertz CT molecular complexity index is 148. The molecule has 0 fully saturated rings. The second-order valence-corrected chi connectivity index (χ2v) is 3.95. The molecule has 13 heavy (non-hydrogen) atoms. The summed E-state index contributed by atoms with van der Waals surface area (Å²) in [5.41, 5.74) is 1.36. The summed E-state index contributed by atoms with van der Waals surface area (Å²) >= 11 is 0. The Morgan fingerprint density at radius 3 is 2.38 bits per heavy atom. The SMILES string of the molecule is CC(C)=CCN(CCCO)C(C)C. The molecule has 0 aliphatic carbocycles. The van der Waals surface area contributed by atoms with E-state index in [9.17, 15) is 0 Å². The summed E-state index contributed by atoms with van der Waals surface area (Å²) in [6, 6.07) is 0.558. The highest BCUT2D eigenvalue weighted by atomic mass is 16.3. The molecule has 0 aliphatic heterocycles. The number of hydrogen-bond donors (Lipinski definition) is 1. The van der Waals surface area contributed by atoms with E-state index in [0.717, 1.165) is 19.5 Å². The van der Waals surface area contributed by atoms with Crippen molar-refractivity contribution in [3.05, 3.63) is 11.6 Å². The fraction of sp³-hybridized carbons (Fsp3) is 0.818. The van der Waals surface area contributed by atoms with Gasteiger partial charge < -0.3 is 5.11 Å². The maximum Gasteiger partial charge on any atom is 0.0443 e. The molecule has 2 heteroatoms. The first kappa shape index (κ1) is 12.7. The van der Waals surface area contributed by atoms with Gasteiger partial charge in [-0.05, 0) is 34.1 Å². The van der Waals surface area contributed by atoms with Crippen LogP contribution in [0.1, 0.15) is 34.1 Å². The van der Waals surface area contributed by atoms with Crippen LogP contribution in [0.4, 0.5) is 0 Å². The molecule has 0 aromatic carbocycles. The molecule has 0 radical (unpaired) electrons. The molecule has 0 bridgehead atoms. The molecule has 0 aliphatic rings. The first-order valence-corrected chi connectivity index (χ1v) is 5.06. The van der Waals surface area contributed by atoms with E-state index < -0.39 is 0 Å². The van der Waals surface area contributed by atoms with Crippen LogP contribution in [0.25, 0.3) is 0 Å². The predicted octanol–water partition coefficient (Wildman–Crippen LogP) is 2.05. The smallest absolute Gasteiger partial charge is 0.0443 e. The molecule has 0 saturated carbocycles. The Morgan fingerprint density at radius 2 is 2.00 bits per heavy atom. The molecular weight excluding hydrogens is 162 g/mol. The third-order valence-electron chi connectivity index (χ3n) is 2.07. The summed E-state index contributed by atoms with van der Waals surface area (Å²) in [5, 5.41) is 8.73. The maximum absolute atomic E-state index is 8.73. The molecule has 0 heterocycles. The van der Waals surface area contributed by atoms with Crippen LogP contribution in [0.2, 0.25) is 0 Å². The van der Waals surface area contributed by atoms with Crippen molar-refractivity contribution in [1.29, 1.82) is 0 Å². The van der Waals surface area contributed by atoms with Crippen LogP contribution >= 0.6 is 0 Å². The molecule has 2 nitrogen and oxygen atoms in total. The van der Waals surface area contributed by atoms with Gasteiger partial charge in [0.15, 0.2) is 0 Å². The van der Waals surface area contributed by atoms with E-state index in [-0.39, 0.29) is 6.61 Å². The van der Waals surface area contributed by atoms with Crippen molar-refractivity contribution in [3.63, 3.8) is 0 Å². The largest absolute Gasteiger partial charge is 0.396 e. The summed E-state index contributed by atoms with van der Waals surface area (Å²) in [4.78, 5) is 2.36. The molecule has 0 aromatic heterocycles. The molecule has 0 aromatic rings. The number of rotatable bonds is 6. The quantitative estimate of drug-likeness (QED) is 0.640. The normalized spacial score (nSPS) is 11.0. The molecule has 0 spiro atoms. The lowest BCUT2D eigenvalue weighted by molar-refractivity contribution is 0.207. The van der Waals surface area contributed by atoms with E-state index in [1.165, 1.54) is 5.57 Å². The van der Waals surface area contributed by atoms with Gasteiger partial charge in [0.1, 0.15) is 0 Å². The second-order valence-electron chi connectivity index (χ2n) is 3.95. The molecule has 0 atom stereocenters. The van der Waals surface area contributed by atoms with E-state index in [2.05, 4.69) is 38.7 Å². The number of aliphatic hydroxyl groups is 1. The van der Waals surface area contributed by atoms with E-state index in [4.69, 9.17) is 5.11 Å². The molecule has 0 unspecified atom stereocenters. The van der Waals surface area contributed by atoms with Crippen molar-refractivity contribution >= 4 is 0 Å². The van der Waals surface area contributed by atoms with Crippen molar-refractivity contribution in [2.24, 2.45) is 0 Å². The molecule has 1 N–H and O–H groups in total. The van der Waals surface area contributed by atoms with Gasteiger partial charge in [-0.1, -0.05) is 11.6 Å². The van der Waals surface area contributed by atoms with Crippen molar-refractivity contribution in [2.75, 3.05) is 19.7 Å². The van der Waals surface area contributed by atoms with Gasteiger partial charge in [-0.3, -0.25) is 4.90 Å². The van der Waals surface area contributed by atoms with E-state index in [0.29, 0.717) is 6.04 Å². The minimum Gasteiger partial charge on any atom is -0.396 e. The number of aliphatic hydroxyl groups excluding tert-OH is 1. The summed E-state index contributed by atoms with van der Waals surface area (Å²) < 4.78 is 0. The lowest BCUT2D eigenvalue weighted by Crippen LogP contribution is -2.32. The fourth-order valence-corrected chi connectivity index (χ4v) is 1.13. The second kappa shape index (κ2) is 7.10. The summed E-state index contributed by atoms with van der Waals surface area (Å²) in [5.74, 6) is 0. The van der Waals surface area contributed by atoms with Crippen LogP contribution in [-0.4, -0.2) is 35.7 Å². The van der Waals surface area contributed by atoms with Gasteiger partial charge >= 0.3 is 0 Å². The number of nitrogens with zero attached hydrogens (tertiary/aromatic N) is 1. The van der Waals surface area contributed by atoms with Crippen molar-refractivity contribution in [3.8, 4) is 0 Å². The van der Waals surface area contributed by atoms with Crippen LogP contribution in [-0.2, 0) is 0 Å². The summed E-state index contributed by atoms with van der Waals surface area (Å²) in [7, 11) is 0. The highest BCUT2D eigenvalue weighted by Gasteiger charge is 2.06. The fourth-order valence-electron chi connectivity index (χ4n) is 1.13. The molecule has 0 rings (SSSR count).